The molecule has 0 saturated carbocycles. The van der Waals surface area contributed by atoms with E-state index in [0.29, 0.717) is 22.5 Å². The van der Waals surface area contributed by atoms with Crippen LogP contribution in [-0.4, -0.2) is 17.0 Å². The van der Waals surface area contributed by atoms with Crippen molar-refractivity contribution in [3.63, 3.8) is 0 Å². The Hall–Kier alpha value is -1.59. The molecule has 120 valence electrons. The van der Waals surface area contributed by atoms with Gasteiger partial charge in [0.2, 0.25) is 0 Å². The summed E-state index contributed by atoms with van der Waals surface area (Å²) in [5.41, 5.74) is 2.12. The van der Waals surface area contributed by atoms with Crippen LogP contribution in [0, 0.1) is 5.92 Å². The van der Waals surface area contributed by atoms with Gasteiger partial charge in [-0.05, 0) is 48.9 Å². The Kier molecular flexibility index (Phi) is 3.77. The van der Waals surface area contributed by atoms with Gasteiger partial charge in [-0.25, -0.2) is 4.98 Å². The molecule has 2 heterocycles. The molecule has 1 aliphatic carbocycles. The second-order valence-corrected chi connectivity index (χ2v) is 7.81. The Bertz CT molecular complexity index is 774. The van der Waals surface area contributed by atoms with E-state index in [1.54, 1.807) is 17.4 Å². The molecule has 1 N–H and O–H groups in total. The average molecular weight is 349 g/mol. The summed E-state index contributed by atoms with van der Waals surface area (Å²) in [6.07, 6.45) is 3.28. The molecule has 2 aliphatic rings. The minimum absolute atomic E-state index is 0.142. The molecule has 2 aromatic rings. The largest absolute Gasteiger partial charge is 0.480 e. The van der Waals surface area contributed by atoms with E-state index in [-0.39, 0.29) is 5.91 Å². The van der Waals surface area contributed by atoms with Crippen LogP contribution >= 0.6 is 22.9 Å². The fourth-order valence-corrected chi connectivity index (χ4v) is 4.51. The van der Waals surface area contributed by atoms with Crippen molar-refractivity contribution in [1.29, 1.82) is 0 Å². The highest BCUT2D eigenvalue weighted by atomic mass is 35.5. The van der Waals surface area contributed by atoms with Crippen molar-refractivity contribution in [3.8, 4) is 5.75 Å². The first-order valence-corrected chi connectivity index (χ1v) is 9.02. The van der Waals surface area contributed by atoms with Crippen molar-refractivity contribution in [3.05, 3.63) is 39.4 Å². The number of aryl methyl sites for hydroxylation is 1. The van der Waals surface area contributed by atoms with Gasteiger partial charge >= 0.3 is 0 Å². The number of hydrogen-bond donors (Lipinski definition) is 1. The Morgan fingerprint density at radius 3 is 3.17 bits per heavy atom. The molecule has 4 rings (SSSR count). The number of fused-ring (bicyclic) bond motifs is 2. The number of benzene rings is 1. The molecule has 2 atom stereocenters. The first kappa shape index (κ1) is 15.0. The molecule has 0 unspecified atom stereocenters. The molecule has 6 heteroatoms. The number of nitrogens with zero attached hydrogens (tertiary/aromatic N) is 1. The molecule has 1 amide bonds. The first-order chi connectivity index (χ1) is 11.1. The Labute approximate surface area is 143 Å². The van der Waals surface area contributed by atoms with E-state index in [9.17, 15) is 4.79 Å². The minimum atomic E-state index is -0.511. The molecule has 1 aliphatic heterocycles. The lowest BCUT2D eigenvalue weighted by Crippen LogP contribution is -2.31. The highest BCUT2D eigenvalue weighted by Crippen LogP contribution is 2.34. The second kappa shape index (κ2) is 5.80. The molecule has 0 bridgehead atoms. The number of rotatable bonds is 2. The van der Waals surface area contributed by atoms with E-state index >= 15 is 0 Å². The molecule has 4 nitrogen and oxygen atoms in total. The van der Waals surface area contributed by atoms with Crippen LogP contribution in [0.15, 0.2) is 18.2 Å². The van der Waals surface area contributed by atoms with Gasteiger partial charge in [-0.1, -0.05) is 18.5 Å². The average Bonchev–Trinajstić information content (AvgIpc) is 3.09. The summed E-state index contributed by atoms with van der Waals surface area (Å²) < 4.78 is 5.72. The highest BCUT2D eigenvalue weighted by molar-refractivity contribution is 7.15. The third-order valence-corrected chi connectivity index (χ3v) is 5.68. The second-order valence-electron chi connectivity index (χ2n) is 6.29. The number of ether oxygens (including phenoxy) is 1. The third kappa shape index (κ3) is 2.95. The SMILES string of the molecule is C[C@H]1CCc2nc(NC(=O)[C@H]3Cc4cc(Cl)ccc4O3)sc2C1. The maximum atomic E-state index is 12.4. The van der Waals surface area contributed by atoms with Crippen LogP contribution in [-0.2, 0) is 24.1 Å². The summed E-state index contributed by atoms with van der Waals surface area (Å²) in [6.45, 7) is 2.26. The van der Waals surface area contributed by atoms with Crippen LogP contribution in [0.2, 0.25) is 5.02 Å². The number of anilines is 1. The van der Waals surface area contributed by atoms with Gasteiger partial charge in [0.15, 0.2) is 11.2 Å². The van der Waals surface area contributed by atoms with Crippen LogP contribution in [0.4, 0.5) is 5.13 Å². The number of thiazole rings is 1. The quantitative estimate of drug-likeness (QED) is 0.896. The fraction of sp³-hybridized carbons (Fsp3) is 0.412. The first-order valence-electron chi connectivity index (χ1n) is 7.83. The summed E-state index contributed by atoms with van der Waals surface area (Å²) in [4.78, 5) is 18.3. The van der Waals surface area contributed by atoms with Crippen LogP contribution < -0.4 is 10.1 Å². The zero-order valence-electron chi connectivity index (χ0n) is 12.8. The standard InChI is InChI=1S/C17H17ClN2O2S/c1-9-2-4-12-15(6-9)23-17(19-12)20-16(21)14-8-10-7-11(18)3-5-13(10)22-14/h3,5,7,9,14H,2,4,6,8H2,1H3,(H,19,20,21)/t9-,14+/m0/s1. The molecular weight excluding hydrogens is 332 g/mol. The van der Waals surface area contributed by atoms with Crippen molar-refractivity contribution in [2.24, 2.45) is 5.92 Å². The van der Waals surface area contributed by atoms with Crippen LogP contribution in [0.3, 0.4) is 0 Å². The van der Waals surface area contributed by atoms with Crippen molar-refractivity contribution in [1.82, 2.24) is 4.98 Å². The van der Waals surface area contributed by atoms with Gasteiger partial charge in [0.05, 0.1) is 5.69 Å². The Balaban J connectivity index is 1.45. The number of aromatic nitrogens is 1. The summed E-state index contributed by atoms with van der Waals surface area (Å²) in [7, 11) is 0. The maximum absolute atomic E-state index is 12.4. The number of halogens is 1. The number of amides is 1. The summed E-state index contributed by atoms with van der Waals surface area (Å²) in [5.74, 6) is 1.29. The van der Waals surface area contributed by atoms with E-state index in [2.05, 4.69) is 17.2 Å². The van der Waals surface area contributed by atoms with Crippen molar-refractivity contribution >= 4 is 34.0 Å². The van der Waals surface area contributed by atoms with Gasteiger partial charge in [0, 0.05) is 16.3 Å². The van der Waals surface area contributed by atoms with Crippen LogP contribution in [0.1, 0.15) is 29.5 Å². The van der Waals surface area contributed by atoms with E-state index < -0.39 is 6.10 Å². The van der Waals surface area contributed by atoms with E-state index in [0.717, 1.165) is 29.8 Å². The molecular formula is C17H17ClN2O2S. The lowest BCUT2D eigenvalue weighted by Gasteiger charge is -2.15. The van der Waals surface area contributed by atoms with Gasteiger partial charge in [-0.15, -0.1) is 11.3 Å². The summed E-state index contributed by atoms with van der Waals surface area (Å²) in [5, 5.41) is 4.26. The predicted molar refractivity (Wildman–Crippen MR) is 91.5 cm³/mol. The molecule has 0 fully saturated rings. The van der Waals surface area contributed by atoms with Crippen molar-refractivity contribution in [2.45, 2.75) is 38.7 Å². The molecule has 23 heavy (non-hydrogen) atoms. The normalized spacial score (nSPS) is 22.2. The maximum Gasteiger partial charge on any atom is 0.267 e. The molecule has 0 radical (unpaired) electrons. The van der Waals surface area contributed by atoms with E-state index in [1.807, 2.05) is 12.1 Å². The number of nitrogens with one attached hydrogen (secondary N) is 1. The van der Waals surface area contributed by atoms with Gasteiger partial charge in [0.25, 0.3) is 5.91 Å². The van der Waals surface area contributed by atoms with E-state index in [1.165, 1.54) is 11.3 Å². The van der Waals surface area contributed by atoms with E-state index in [4.69, 9.17) is 16.3 Å². The Morgan fingerprint density at radius 1 is 1.43 bits per heavy atom. The van der Waals surface area contributed by atoms with Gasteiger partial charge in [-0.3, -0.25) is 10.1 Å². The number of hydrogen-bond acceptors (Lipinski definition) is 4. The monoisotopic (exact) mass is 348 g/mol. The number of carbonyl (C=O) groups is 1. The third-order valence-electron chi connectivity index (χ3n) is 4.41. The number of carbonyl (C=O) groups excluding carboxylic acids is 1. The highest BCUT2D eigenvalue weighted by Gasteiger charge is 2.30. The van der Waals surface area contributed by atoms with Gasteiger partial charge < -0.3 is 4.74 Å². The molecule has 1 aromatic heterocycles. The summed E-state index contributed by atoms with van der Waals surface area (Å²) in [6, 6.07) is 5.44. The lowest BCUT2D eigenvalue weighted by molar-refractivity contribution is -0.122. The minimum Gasteiger partial charge on any atom is -0.480 e. The topological polar surface area (TPSA) is 51.2 Å². The lowest BCUT2D eigenvalue weighted by atomic mass is 9.93. The van der Waals surface area contributed by atoms with Gasteiger partial charge in [-0.2, -0.15) is 0 Å². The predicted octanol–water partition coefficient (Wildman–Crippen LogP) is 3.86. The smallest absolute Gasteiger partial charge is 0.267 e. The van der Waals surface area contributed by atoms with Gasteiger partial charge in [0.1, 0.15) is 5.75 Å². The summed E-state index contributed by atoms with van der Waals surface area (Å²) >= 11 is 7.58. The zero-order valence-corrected chi connectivity index (χ0v) is 14.3. The zero-order chi connectivity index (χ0) is 16.0. The fourth-order valence-electron chi connectivity index (χ4n) is 3.14. The van der Waals surface area contributed by atoms with Crippen molar-refractivity contribution < 1.29 is 9.53 Å². The molecule has 0 saturated heterocycles. The molecule has 0 spiro atoms. The van der Waals surface area contributed by atoms with Crippen LogP contribution in [0.25, 0.3) is 0 Å². The van der Waals surface area contributed by atoms with Crippen LogP contribution in [0.5, 0.6) is 5.75 Å². The van der Waals surface area contributed by atoms with Crippen molar-refractivity contribution in [2.75, 3.05) is 5.32 Å². The molecule has 1 aromatic carbocycles. The Morgan fingerprint density at radius 2 is 2.30 bits per heavy atom.